The molecule has 2 nitrogen and oxygen atoms in total. The van der Waals surface area contributed by atoms with E-state index in [2.05, 4.69) is 6.92 Å². The molecule has 0 aliphatic heterocycles. The van der Waals surface area contributed by atoms with E-state index < -0.39 is 5.97 Å². The molecular formula is C2H2Na2O2. The van der Waals surface area contributed by atoms with Gasteiger partial charge in [-0.25, -0.2) is 0 Å². The molecule has 0 rings (SSSR count). The van der Waals surface area contributed by atoms with Gasteiger partial charge in [0, 0.05) is 0 Å². The van der Waals surface area contributed by atoms with Gasteiger partial charge >= 0.3 is 59.1 Å². The summed E-state index contributed by atoms with van der Waals surface area (Å²) in [5.74, 6) is -1.33. The average molecular weight is 104 g/mol. The summed E-state index contributed by atoms with van der Waals surface area (Å²) >= 11 is 0. The molecule has 0 fully saturated rings. The molecule has 0 heterocycles. The standard InChI is InChI=1S/C2H3O2.2Na/c1-2(3)4;;/h1H2,(H,3,4);;/q-1;2*+1/p-1. The van der Waals surface area contributed by atoms with Gasteiger partial charge in [-0.05, 0) is 0 Å². The smallest absolute Gasteiger partial charge is 0.584 e. The average Bonchev–Trinajstić information content (AvgIpc) is 0.811. The Labute approximate surface area is 80.9 Å². The Morgan fingerprint density at radius 3 is 1.50 bits per heavy atom. The van der Waals surface area contributed by atoms with Crippen LogP contribution in [0, 0.1) is 6.92 Å². The van der Waals surface area contributed by atoms with E-state index in [1.165, 1.54) is 0 Å². The Bertz CT molecular complexity index is 32.5. The van der Waals surface area contributed by atoms with E-state index in [0.717, 1.165) is 0 Å². The van der Waals surface area contributed by atoms with Gasteiger partial charge in [-0.15, -0.1) is 5.97 Å². The first-order valence-corrected chi connectivity index (χ1v) is 0.762. The molecule has 0 spiro atoms. The molecule has 0 aliphatic rings. The van der Waals surface area contributed by atoms with Crippen molar-refractivity contribution in [2.75, 3.05) is 0 Å². The molecule has 6 heavy (non-hydrogen) atoms. The molecule has 0 unspecified atom stereocenters. The Morgan fingerprint density at radius 1 is 1.50 bits per heavy atom. The summed E-state index contributed by atoms with van der Waals surface area (Å²) in [4.78, 5) is 8.78. The summed E-state index contributed by atoms with van der Waals surface area (Å²) in [5, 5.41) is 8.78. The molecule has 0 radical (unpaired) electrons. The predicted octanol–water partition coefficient (Wildman–Crippen LogP) is -7.42. The van der Waals surface area contributed by atoms with E-state index in [9.17, 15) is 0 Å². The predicted molar refractivity (Wildman–Crippen MR) is 10.4 cm³/mol. The van der Waals surface area contributed by atoms with Crippen LogP contribution >= 0.6 is 0 Å². The van der Waals surface area contributed by atoms with Crippen molar-refractivity contribution >= 4 is 5.97 Å². The minimum absolute atomic E-state index is 0. The van der Waals surface area contributed by atoms with Crippen LogP contribution in [0.5, 0.6) is 0 Å². The molecular weight excluding hydrogens is 102 g/mol. The van der Waals surface area contributed by atoms with Crippen LogP contribution in [0.1, 0.15) is 0 Å². The Morgan fingerprint density at radius 2 is 1.50 bits per heavy atom. The summed E-state index contributed by atoms with van der Waals surface area (Å²) in [7, 11) is 0. The molecule has 4 heteroatoms. The topological polar surface area (TPSA) is 40.1 Å². The van der Waals surface area contributed by atoms with Gasteiger partial charge in [0.1, 0.15) is 0 Å². The van der Waals surface area contributed by atoms with Crippen LogP contribution in [-0.2, 0) is 4.79 Å². The molecule has 0 aromatic heterocycles. The number of carboxylic acids is 1. The first kappa shape index (κ1) is 15.7. The zero-order valence-corrected chi connectivity index (χ0v) is 8.02. The van der Waals surface area contributed by atoms with E-state index in [1.54, 1.807) is 0 Å². The summed E-state index contributed by atoms with van der Waals surface area (Å²) in [6.45, 7) is 2.44. The van der Waals surface area contributed by atoms with Gasteiger partial charge in [0.15, 0.2) is 0 Å². The van der Waals surface area contributed by atoms with E-state index in [0.29, 0.717) is 0 Å². The molecule has 24 valence electrons. The van der Waals surface area contributed by atoms with Gasteiger partial charge in [0.2, 0.25) is 0 Å². The number of rotatable bonds is 0. The minimum Gasteiger partial charge on any atom is -0.584 e. The summed E-state index contributed by atoms with van der Waals surface area (Å²) in [6.07, 6.45) is 0. The number of hydrogen-bond donors (Lipinski definition) is 0. The van der Waals surface area contributed by atoms with Crippen molar-refractivity contribution in [1.29, 1.82) is 0 Å². The molecule has 0 saturated heterocycles. The van der Waals surface area contributed by atoms with Crippen LogP contribution in [0.25, 0.3) is 0 Å². The Balaban J connectivity index is -0.0000000450. The minimum atomic E-state index is -1.33. The van der Waals surface area contributed by atoms with Crippen molar-refractivity contribution in [2.24, 2.45) is 0 Å². The van der Waals surface area contributed by atoms with Crippen molar-refractivity contribution in [3.05, 3.63) is 6.92 Å². The fraction of sp³-hybridized carbons (Fsp3) is 0. The third kappa shape index (κ3) is 56.0. The Kier molecular flexibility index (Phi) is 25.1. The normalized spacial score (nSPS) is 4.00. The quantitative estimate of drug-likeness (QED) is 0.226. The zero-order chi connectivity index (χ0) is 3.58. The Hall–Kier alpha value is 1.34. The number of hydrogen-bond acceptors (Lipinski definition) is 2. The van der Waals surface area contributed by atoms with Crippen molar-refractivity contribution in [3.8, 4) is 0 Å². The van der Waals surface area contributed by atoms with Gasteiger partial charge in [0.25, 0.3) is 0 Å². The maximum absolute atomic E-state index is 8.78. The number of carbonyl (C=O) groups is 1. The van der Waals surface area contributed by atoms with Crippen LogP contribution in [0.4, 0.5) is 0 Å². The van der Waals surface area contributed by atoms with Gasteiger partial charge in [-0.2, -0.15) is 0 Å². The van der Waals surface area contributed by atoms with E-state index in [-0.39, 0.29) is 59.1 Å². The first-order chi connectivity index (χ1) is 1.73. The monoisotopic (exact) mass is 104 g/mol. The third-order valence-electron chi connectivity index (χ3n) is 0. The summed E-state index contributed by atoms with van der Waals surface area (Å²) < 4.78 is 0. The molecule has 0 amide bonds. The molecule has 0 saturated carbocycles. The molecule has 0 bridgehead atoms. The van der Waals surface area contributed by atoms with Crippen LogP contribution in [0.15, 0.2) is 0 Å². The SMILES string of the molecule is [CH2-]C(=O)[O-].[Na+].[Na+]. The van der Waals surface area contributed by atoms with Crippen LogP contribution in [0.3, 0.4) is 0 Å². The van der Waals surface area contributed by atoms with Crippen LogP contribution < -0.4 is 64.2 Å². The van der Waals surface area contributed by atoms with Crippen LogP contribution in [-0.4, -0.2) is 5.97 Å². The maximum Gasteiger partial charge on any atom is 1.00 e. The third-order valence-corrected chi connectivity index (χ3v) is 0. The summed E-state index contributed by atoms with van der Waals surface area (Å²) in [6, 6.07) is 0. The molecule has 0 N–H and O–H groups in total. The summed E-state index contributed by atoms with van der Waals surface area (Å²) in [5.41, 5.74) is 0. The molecule has 0 aromatic rings. The number of aliphatic carboxylic acids is 1. The fourth-order valence-corrected chi connectivity index (χ4v) is 0. The fourth-order valence-electron chi connectivity index (χ4n) is 0. The second kappa shape index (κ2) is 9.60. The van der Waals surface area contributed by atoms with Crippen molar-refractivity contribution in [2.45, 2.75) is 0 Å². The number of carboxylic acid groups (broad SMARTS) is 1. The van der Waals surface area contributed by atoms with E-state index in [1.807, 2.05) is 0 Å². The van der Waals surface area contributed by atoms with Gasteiger partial charge in [-0.3, -0.25) is 0 Å². The maximum atomic E-state index is 8.78. The van der Waals surface area contributed by atoms with Crippen LogP contribution in [0.2, 0.25) is 0 Å². The van der Waals surface area contributed by atoms with Crippen molar-refractivity contribution in [3.63, 3.8) is 0 Å². The van der Waals surface area contributed by atoms with E-state index >= 15 is 0 Å². The largest absolute Gasteiger partial charge is 1.00 e. The van der Waals surface area contributed by atoms with Crippen molar-refractivity contribution < 1.29 is 69.0 Å². The first-order valence-electron chi connectivity index (χ1n) is 0.762. The second-order valence-corrected chi connectivity index (χ2v) is 0.372. The van der Waals surface area contributed by atoms with E-state index in [4.69, 9.17) is 9.90 Å². The molecule has 0 atom stereocenters. The zero-order valence-electron chi connectivity index (χ0n) is 4.02. The van der Waals surface area contributed by atoms with Gasteiger partial charge < -0.3 is 16.8 Å². The van der Waals surface area contributed by atoms with Gasteiger partial charge in [0.05, 0.1) is 0 Å². The molecule has 0 aliphatic carbocycles. The van der Waals surface area contributed by atoms with Crippen molar-refractivity contribution in [1.82, 2.24) is 0 Å². The molecule has 0 aromatic carbocycles. The second-order valence-electron chi connectivity index (χ2n) is 0.372. The van der Waals surface area contributed by atoms with Gasteiger partial charge in [-0.1, -0.05) is 0 Å². The number of carbonyl (C=O) groups excluding carboxylic acids is 1.